The van der Waals surface area contributed by atoms with E-state index in [4.69, 9.17) is 0 Å². The molecule has 1 nitrogen and oxygen atoms in total. The lowest BCUT2D eigenvalue weighted by Crippen LogP contribution is -2.13. The van der Waals surface area contributed by atoms with Crippen LogP contribution in [-0.4, -0.2) is 0 Å². The molecule has 0 radical (unpaired) electrons. The van der Waals surface area contributed by atoms with Gasteiger partial charge in [-0.25, -0.2) is 0 Å². The molecule has 0 unspecified atom stereocenters. The summed E-state index contributed by atoms with van der Waals surface area (Å²) in [5, 5.41) is 9.95. The van der Waals surface area contributed by atoms with E-state index < -0.39 is 0 Å². The molecule has 10 rings (SSSR count). The first-order chi connectivity index (χ1) is 26.3. The predicted molar refractivity (Wildman–Crippen MR) is 227 cm³/mol. The molecule has 0 spiro atoms. The van der Waals surface area contributed by atoms with Crippen LogP contribution in [0.1, 0.15) is 0 Å². The highest BCUT2D eigenvalue weighted by molar-refractivity contribution is 6.25. The molecule has 0 aliphatic rings. The van der Waals surface area contributed by atoms with Gasteiger partial charge in [0.1, 0.15) is 0 Å². The predicted octanol–water partition coefficient (Wildman–Crippen LogP) is 14.8. The molecule has 0 aliphatic carbocycles. The van der Waals surface area contributed by atoms with Crippen molar-refractivity contribution in [2.75, 3.05) is 4.90 Å². The first kappa shape index (κ1) is 30.8. The molecule has 10 aromatic rings. The molecule has 248 valence electrons. The van der Waals surface area contributed by atoms with Gasteiger partial charge in [-0.1, -0.05) is 188 Å². The van der Waals surface area contributed by atoms with E-state index in [1.54, 1.807) is 0 Å². The van der Waals surface area contributed by atoms with E-state index in [0.29, 0.717) is 0 Å². The maximum atomic E-state index is 2.50. The van der Waals surface area contributed by atoms with Gasteiger partial charge in [-0.3, -0.25) is 0 Å². The molecule has 0 N–H and O–H groups in total. The molecule has 0 saturated carbocycles. The summed E-state index contributed by atoms with van der Waals surface area (Å²) in [4.78, 5) is 2.50. The Morgan fingerprint density at radius 3 is 1.55 bits per heavy atom. The van der Waals surface area contributed by atoms with Crippen LogP contribution in [0, 0.1) is 0 Å². The number of rotatable bonds is 6. The SMILES string of the molecule is c1ccc(-c2ccc(N(c3ccccc3-c3ccccc3)c3c(-c4cc5ccccc5c5c4ccc4ccccc45)ccc4ccccc34)cc2)cc1. The van der Waals surface area contributed by atoms with Crippen molar-refractivity contribution in [3.8, 4) is 33.4 Å². The molecular weight excluding hydrogens is 639 g/mol. The molecule has 53 heavy (non-hydrogen) atoms. The van der Waals surface area contributed by atoms with E-state index >= 15 is 0 Å². The number of hydrogen-bond donors (Lipinski definition) is 0. The molecule has 0 saturated heterocycles. The highest BCUT2D eigenvalue weighted by Gasteiger charge is 2.24. The molecule has 0 heterocycles. The number of hydrogen-bond acceptors (Lipinski definition) is 1. The third-order valence-electron chi connectivity index (χ3n) is 10.6. The average molecular weight is 674 g/mol. The van der Waals surface area contributed by atoms with Crippen molar-refractivity contribution in [2.45, 2.75) is 0 Å². The molecule has 0 fully saturated rings. The maximum Gasteiger partial charge on any atom is 0.0618 e. The number of nitrogens with zero attached hydrogens (tertiary/aromatic N) is 1. The summed E-state index contributed by atoms with van der Waals surface area (Å²) >= 11 is 0. The molecule has 10 aromatic carbocycles. The Balaban J connectivity index is 1.32. The topological polar surface area (TPSA) is 3.24 Å². The molecule has 0 aromatic heterocycles. The van der Waals surface area contributed by atoms with Crippen LogP contribution in [0.5, 0.6) is 0 Å². The number of benzene rings is 10. The fourth-order valence-electron chi connectivity index (χ4n) is 8.16. The van der Waals surface area contributed by atoms with E-state index in [-0.39, 0.29) is 0 Å². The Bertz CT molecular complexity index is 2910. The van der Waals surface area contributed by atoms with Gasteiger partial charge in [-0.15, -0.1) is 0 Å². The van der Waals surface area contributed by atoms with Gasteiger partial charge in [-0.05, 0) is 84.2 Å². The van der Waals surface area contributed by atoms with E-state index in [1.165, 1.54) is 76.5 Å². The van der Waals surface area contributed by atoms with Gasteiger partial charge in [0.05, 0.1) is 11.4 Å². The summed E-state index contributed by atoms with van der Waals surface area (Å²) in [6.07, 6.45) is 0. The minimum atomic E-state index is 1.10. The van der Waals surface area contributed by atoms with Crippen LogP contribution >= 0.6 is 0 Å². The molecule has 0 atom stereocenters. The number of para-hydroxylation sites is 1. The van der Waals surface area contributed by atoms with Gasteiger partial charge in [0.2, 0.25) is 0 Å². The Kier molecular flexibility index (Phi) is 7.55. The fourth-order valence-corrected chi connectivity index (χ4v) is 8.16. The summed E-state index contributed by atoms with van der Waals surface area (Å²) in [6.45, 7) is 0. The zero-order valence-corrected chi connectivity index (χ0v) is 29.2. The summed E-state index contributed by atoms with van der Waals surface area (Å²) < 4.78 is 0. The van der Waals surface area contributed by atoms with Crippen molar-refractivity contribution >= 4 is 60.2 Å². The second kappa shape index (κ2) is 13.0. The molecule has 1 heteroatoms. The third-order valence-corrected chi connectivity index (χ3v) is 10.6. The largest absolute Gasteiger partial charge is 0.309 e. The first-order valence-electron chi connectivity index (χ1n) is 18.3. The van der Waals surface area contributed by atoms with Crippen LogP contribution in [0.15, 0.2) is 212 Å². The third kappa shape index (κ3) is 5.34. The summed E-state index contributed by atoms with van der Waals surface area (Å²) in [5.74, 6) is 0. The first-order valence-corrected chi connectivity index (χ1v) is 18.3. The maximum absolute atomic E-state index is 2.50. The van der Waals surface area contributed by atoms with Crippen LogP contribution in [0.4, 0.5) is 17.1 Å². The molecular formula is C52H35N. The fraction of sp³-hybridized carbons (Fsp3) is 0. The highest BCUT2D eigenvalue weighted by atomic mass is 15.1. The van der Waals surface area contributed by atoms with E-state index in [0.717, 1.165) is 17.1 Å². The van der Waals surface area contributed by atoms with Crippen molar-refractivity contribution in [1.82, 2.24) is 0 Å². The Labute approximate surface area is 309 Å². The lowest BCUT2D eigenvalue weighted by Gasteiger charge is -2.31. The van der Waals surface area contributed by atoms with Crippen LogP contribution < -0.4 is 4.90 Å². The van der Waals surface area contributed by atoms with E-state index in [1.807, 2.05) is 0 Å². The van der Waals surface area contributed by atoms with E-state index in [9.17, 15) is 0 Å². The molecule has 0 amide bonds. The molecule has 0 bridgehead atoms. The minimum Gasteiger partial charge on any atom is -0.309 e. The van der Waals surface area contributed by atoms with Gasteiger partial charge in [0.15, 0.2) is 0 Å². The average Bonchev–Trinajstić information content (AvgIpc) is 3.24. The zero-order valence-electron chi connectivity index (χ0n) is 29.2. The number of fused-ring (bicyclic) bond motifs is 6. The normalized spacial score (nSPS) is 11.4. The highest BCUT2D eigenvalue weighted by Crippen LogP contribution is 2.50. The van der Waals surface area contributed by atoms with Crippen LogP contribution in [0.3, 0.4) is 0 Å². The number of anilines is 3. The van der Waals surface area contributed by atoms with Crippen LogP contribution in [-0.2, 0) is 0 Å². The van der Waals surface area contributed by atoms with Gasteiger partial charge in [0, 0.05) is 22.2 Å². The quantitative estimate of drug-likeness (QED) is 0.159. The van der Waals surface area contributed by atoms with Crippen molar-refractivity contribution < 1.29 is 0 Å². The van der Waals surface area contributed by atoms with Crippen LogP contribution in [0.25, 0.3) is 76.5 Å². The Hall–Kier alpha value is -6.96. The van der Waals surface area contributed by atoms with Crippen molar-refractivity contribution in [3.05, 3.63) is 212 Å². The van der Waals surface area contributed by atoms with Crippen molar-refractivity contribution in [1.29, 1.82) is 0 Å². The van der Waals surface area contributed by atoms with Gasteiger partial charge in [0.25, 0.3) is 0 Å². The Morgan fingerprint density at radius 2 is 0.811 bits per heavy atom. The lowest BCUT2D eigenvalue weighted by molar-refractivity contribution is 1.30. The smallest absolute Gasteiger partial charge is 0.0618 e. The van der Waals surface area contributed by atoms with Gasteiger partial charge >= 0.3 is 0 Å². The summed E-state index contributed by atoms with van der Waals surface area (Å²) in [5.41, 5.74) is 10.5. The minimum absolute atomic E-state index is 1.10. The lowest BCUT2D eigenvalue weighted by atomic mass is 9.88. The summed E-state index contributed by atoms with van der Waals surface area (Å²) in [7, 11) is 0. The van der Waals surface area contributed by atoms with Crippen molar-refractivity contribution in [3.63, 3.8) is 0 Å². The Morgan fingerprint density at radius 1 is 0.283 bits per heavy atom. The zero-order chi connectivity index (χ0) is 35.1. The summed E-state index contributed by atoms with van der Waals surface area (Å²) in [6, 6.07) is 77.4. The standard InChI is InChI=1S/C52H35N/c1-3-15-36(16-4-1)37-27-31-42(32-28-37)53(50-26-14-13-22-43(50)38-17-5-2-6-18-38)52-46-25-12-8-20-40(46)30-34-48(52)49-35-41-21-9-11-24-45(41)51-44-23-10-7-19-39(44)29-33-47(49)51/h1-35H. The second-order valence-electron chi connectivity index (χ2n) is 13.7. The monoisotopic (exact) mass is 673 g/mol. The van der Waals surface area contributed by atoms with Crippen molar-refractivity contribution in [2.24, 2.45) is 0 Å². The van der Waals surface area contributed by atoms with Gasteiger partial charge in [-0.2, -0.15) is 0 Å². The second-order valence-corrected chi connectivity index (χ2v) is 13.7. The van der Waals surface area contributed by atoms with Crippen LogP contribution in [0.2, 0.25) is 0 Å². The van der Waals surface area contributed by atoms with E-state index in [2.05, 4.69) is 217 Å². The molecule has 0 aliphatic heterocycles. The van der Waals surface area contributed by atoms with Gasteiger partial charge < -0.3 is 4.90 Å².